The number of nitrogens with one attached hydrogen (secondary N) is 1. The predicted octanol–water partition coefficient (Wildman–Crippen LogP) is 6.28. The van der Waals surface area contributed by atoms with Crippen molar-refractivity contribution in [1.82, 2.24) is 5.32 Å². The summed E-state index contributed by atoms with van der Waals surface area (Å²) < 4.78 is 86.6. The predicted molar refractivity (Wildman–Crippen MR) is 123 cm³/mol. The van der Waals surface area contributed by atoms with E-state index in [4.69, 9.17) is 4.74 Å². The highest BCUT2D eigenvalue weighted by Gasteiger charge is 2.41. The van der Waals surface area contributed by atoms with Crippen molar-refractivity contribution < 1.29 is 40.7 Å². The second-order valence-corrected chi connectivity index (χ2v) is 8.25. The van der Waals surface area contributed by atoms with Crippen LogP contribution in [0.1, 0.15) is 41.2 Å². The molecule has 1 N–H and O–H groups in total. The van der Waals surface area contributed by atoms with Crippen LogP contribution in [-0.2, 0) is 38.6 Å². The fourth-order valence-corrected chi connectivity index (χ4v) is 4.01. The number of ether oxygens (including phenoxy) is 1. The molecule has 37 heavy (non-hydrogen) atoms. The summed E-state index contributed by atoms with van der Waals surface area (Å²) in [7, 11) is 0. The molecule has 1 amide bonds. The van der Waals surface area contributed by atoms with Gasteiger partial charge in [0.1, 0.15) is 6.42 Å². The minimum absolute atomic E-state index is 0.0114. The van der Waals surface area contributed by atoms with E-state index in [-0.39, 0.29) is 24.2 Å². The van der Waals surface area contributed by atoms with E-state index in [0.717, 1.165) is 36.4 Å². The zero-order chi connectivity index (χ0) is 27.3. The lowest BCUT2D eigenvalue weighted by molar-refractivity contribution is -0.146. The minimum atomic E-state index is -4.75. The van der Waals surface area contributed by atoms with Crippen molar-refractivity contribution in [2.24, 2.45) is 0 Å². The fraction of sp³-hybridized carbons (Fsp3) is 0.259. The Morgan fingerprint density at radius 2 is 1.22 bits per heavy atom. The molecule has 0 saturated carbocycles. The quantitative estimate of drug-likeness (QED) is 0.215. The fourth-order valence-electron chi connectivity index (χ4n) is 4.01. The Morgan fingerprint density at radius 3 is 1.68 bits per heavy atom. The summed E-state index contributed by atoms with van der Waals surface area (Å²) in [5.41, 5.74) is -3.68. The molecular formula is C27H23F6NO3. The molecule has 0 aliphatic rings. The van der Waals surface area contributed by atoms with Gasteiger partial charge in [0.15, 0.2) is 0 Å². The Labute approximate surface area is 209 Å². The van der Waals surface area contributed by atoms with Gasteiger partial charge in [-0.25, -0.2) is 0 Å². The van der Waals surface area contributed by atoms with Crippen LogP contribution < -0.4 is 5.32 Å². The van der Waals surface area contributed by atoms with Crippen molar-refractivity contribution in [3.63, 3.8) is 0 Å². The van der Waals surface area contributed by atoms with Crippen LogP contribution >= 0.6 is 0 Å². The van der Waals surface area contributed by atoms with E-state index >= 15 is 0 Å². The normalized spacial score (nSPS) is 12.2. The lowest BCUT2D eigenvalue weighted by Gasteiger charge is -2.37. The average molecular weight is 523 g/mol. The third-order valence-electron chi connectivity index (χ3n) is 5.64. The van der Waals surface area contributed by atoms with Crippen molar-refractivity contribution in [3.05, 3.63) is 107 Å². The Kier molecular flexibility index (Phi) is 8.30. The largest absolute Gasteiger partial charge is 0.466 e. The number of hydrogen-bond donors (Lipinski definition) is 1. The van der Waals surface area contributed by atoms with Gasteiger partial charge in [0.05, 0.1) is 23.3 Å². The number of halogens is 6. The van der Waals surface area contributed by atoms with Crippen LogP contribution in [0.5, 0.6) is 0 Å². The topological polar surface area (TPSA) is 55.4 Å². The van der Waals surface area contributed by atoms with Crippen molar-refractivity contribution >= 4 is 11.9 Å². The summed E-state index contributed by atoms with van der Waals surface area (Å²) in [6.45, 7) is 1.52. The summed E-state index contributed by atoms with van der Waals surface area (Å²) in [5, 5.41) is 2.58. The minimum Gasteiger partial charge on any atom is -0.466 e. The van der Waals surface area contributed by atoms with Crippen molar-refractivity contribution in [3.8, 4) is 0 Å². The first-order valence-electron chi connectivity index (χ1n) is 11.2. The summed E-state index contributed by atoms with van der Waals surface area (Å²) in [6, 6.07) is 16.3. The molecule has 3 aromatic rings. The summed E-state index contributed by atoms with van der Waals surface area (Å²) in [6.07, 6.45) is -10.5. The lowest BCUT2D eigenvalue weighted by Crippen LogP contribution is -2.49. The number of carbonyl (C=O) groups excluding carboxylic acids is 2. The third kappa shape index (κ3) is 6.90. The van der Waals surface area contributed by atoms with Gasteiger partial charge in [-0.3, -0.25) is 9.59 Å². The smallest absolute Gasteiger partial charge is 0.416 e. The molecule has 3 aromatic carbocycles. The highest BCUT2D eigenvalue weighted by atomic mass is 19.4. The first kappa shape index (κ1) is 27.8. The maximum Gasteiger partial charge on any atom is 0.416 e. The molecule has 0 unspecified atom stereocenters. The number of esters is 1. The molecule has 0 aliphatic carbocycles. The van der Waals surface area contributed by atoms with E-state index in [1.54, 1.807) is 30.3 Å². The molecule has 4 nitrogen and oxygen atoms in total. The molecule has 3 rings (SSSR count). The second kappa shape index (κ2) is 11.1. The van der Waals surface area contributed by atoms with Crippen molar-refractivity contribution in [2.75, 3.05) is 6.61 Å². The van der Waals surface area contributed by atoms with Crippen LogP contribution in [0.15, 0.2) is 78.9 Å². The number of amides is 1. The van der Waals surface area contributed by atoms with Crippen molar-refractivity contribution in [2.45, 2.75) is 37.7 Å². The van der Waals surface area contributed by atoms with Crippen LogP contribution in [0.4, 0.5) is 26.3 Å². The lowest BCUT2D eigenvalue weighted by atomic mass is 9.76. The average Bonchev–Trinajstić information content (AvgIpc) is 2.83. The van der Waals surface area contributed by atoms with Gasteiger partial charge in [0.2, 0.25) is 5.91 Å². The van der Waals surface area contributed by atoms with Gasteiger partial charge in [-0.1, -0.05) is 54.6 Å². The van der Waals surface area contributed by atoms with Crippen LogP contribution in [0.2, 0.25) is 0 Å². The molecular weight excluding hydrogens is 500 g/mol. The van der Waals surface area contributed by atoms with Crippen molar-refractivity contribution in [1.29, 1.82) is 0 Å². The molecule has 0 atom stereocenters. The molecule has 0 saturated heterocycles. The van der Waals surface area contributed by atoms with Gasteiger partial charge in [0.25, 0.3) is 0 Å². The summed E-state index contributed by atoms with van der Waals surface area (Å²) in [5.74, 6) is -1.81. The number of carbonyl (C=O) groups is 2. The van der Waals surface area contributed by atoms with Gasteiger partial charge < -0.3 is 10.1 Å². The molecule has 0 radical (unpaired) electrons. The van der Waals surface area contributed by atoms with Gasteiger partial charge in [-0.15, -0.1) is 0 Å². The van der Waals surface area contributed by atoms with Gasteiger partial charge in [-0.2, -0.15) is 26.3 Å². The Morgan fingerprint density at radius 1 is 0.730 bits per heavy atom. The zero-order valence-corrected chi connectivity index (χ0v) is 19.6. The molecule has 0 bridgehead atoms. The van der Waals surface area contributed by atoms with E-state index < -0.39 is 47.3 Å². The molecule has 0 aliphatic heterocycles. The third-order valence-corrected chi connectivity index (χ3v) is 5.64. The zero-order valence-electron chi connectivity index (χ0n) is 19.6. The van der Waals surface area contributed by atoms with Gasteiger partial charge in [0, 0.05) is 6.42 Å². The standard InChI is InChI=1S/C27H23F6NO3/c1-2-37-24(36)16-23(35)34-25(17-18-8-4-3-5-9-18,19-10-6-12-21(14-19)26(28,29)30)20-11-7-13-22(15-20)27(31,32)33/h3-15H,2,16-17H2,1H3,(H,34,35). The molecule has 0 heterocycles. The number of benzene rings is 3. The monoisotopic (exact) mass is 523 g/mol. The summed E-state index contributed by atoms with van der Waals surface area (Å²) >= 11 is 0. The highest BCUT2D eigenvalue weighted by Crippen LogP contribution is 2.39. The second-order valence-electron chi connectivity index (χ2n) is 8.25. The highest BCUT2D eigenvalue weighted by molar-refractivity contribution is 5.95. The van der Waals surface area contributed by atoms with Crippen LogP contribution in [0.25, 0.3) is 0 Å². The maximum atomic E-state index is 13.6. The molecule has 196 valence electrons. The van der Waals surface area contributed by atoms with Gasteiger partial charge >= 0.3 is 18.3 Å². The molecule has 0 aromatic heterocycles. The number of rotatable bonds is 8. The van der Waals surface area contributed by atoms with Crippen LogP contribution in [0.3, 0.4) is 0 Å². The van der Waals surface area contributed by atoms with E-state index in [9.17, 15) is 35.9 Å². The van der Waals surface area contributed by atoms with Crippen LogP contribution in [-0.4, -0.2) is 18.5 Å². The summed E-state index contributed by atoms with van der Waals surface area (Å²) in [4.78, 5) is 24.9. The Hall–Kier alpha value is -3.82. The van der Waals surface area contributed by atoms with Gasteiger partial charge in [-0.05, 0) is 47.9 Å². The Balaban J connectivity index is 2.28. The molecule has 0 fully saturated rings. The molecule has 0 spiro atoms. The van der Waals surface area contributed by atoms with Crippen LogP contribution in [0, 0.1) is 0 Å². The van der Waals surface area contributed by atoms with E-state index in [0.29, 0.717) is 5.56 Å². The Bertz CT molecular complexity index is 1180. The first-order chi connectivity index (χ1) is 17.3. The van der Waals surface area contributed by atoms with E-state index in [1.807, 2.05) is 0 Å². The molecule has 10 heteroatoms. The van der Waals surface area contributed by atoms with E-state index in [1.165, 1.54) is 19.1 Å². The first-order valence-corrected chi connectivity index (χ1v) is 11.2. The SMILES string of the molecule is CCOC(=O)CC(=O)NC(Cc1ccccc1)(c1cccc(C(F)(F)F)c1)c1cccc(C(F)(F)F)c1. The maximum absolute atomic E-state index is 13.6. The number of alkyl halides is 6. The number of hydrogen-bond acceptors (Lipinski definition) is 3. The van der Waals surface area contributed by atoms with E-state index in [2.05, 4.69) is 5.32 Å².